The summed E-state index contributed by atoms with van der Waals surface area (Å²) in [5.74, 6) is 1.37. The molecule has 0 spiro atoms. The second-order valence-electron chi connectivity index (χ2n) is 6.06. The third-order valence-electron chi connectivity index (χ3n) is 3.31. The molecule has 0 aliphatic rings. The zero-order chi connectivity index (χ0) is 15.8. The normalized spacial score (nSPS) is 11.0. The Balaban J connectivity index is 2.47. The Kier molecular flexibility index (Phi) is 7.23. The SMILES string of the molecule is CC(C)CNCc1cccc(OCC(=O)N(C)C(C)C)c1. The lowest BCUT2D eigenvalue weighted by molar-refractivity contribution is -0.133. The van der Waals surface area contributed by atoms with Gasteiger partial charge < -0.3 is 15.0 Å². The number of rotatable bonds is 8. The minimum Gasteiger partial charge on any atom is -0.484 e. The van der Waals surface area contributed by atoms with Crippen LogP contribution in [0.2, 0.25) is 0 Å². The number of likely N-dealkylation sites (N-methyl/N-ethyl adjacent to an activating group) is 1. The van der Waals surface area contributed by atoms with E-state index < -0.39 is 0 Å². The molecule has 1 aromatic rings. The van der Waals surface area contributed by atoms with Gasteiger partial charge in [-0.2, -0.15) is 0 Å². The summed E-state index contributed by atoms with van der Waals surface area (Å²) in [6.45, 7) is 10.2. The molecule has 1 amide bonds. The predicted octanol–water partition coefficient (Wildman–Crippen LogP) is 2.68. The van der Waals surface area contributed by atoms with Crippen molar-refractivity contribution >= 4 is 5.91 Å². The third-order valence-corrected chi connectivity index (χ3v) is 3.31. The van der Waals surface area contributed by atoms with Gasteiger partial charge in [0.2, 0.25) is 0 Å². The minimum absolute atomic E-state index is 0.00617. The highest BCUT2D eigenvalue weighted by molar-refractivity contribution is 5.77. The van der Waals surface area contributed by atoms with Crippen LogP contribution < -0.4 is 10.1 Å². The van der Waals surface area contributed by atoms with Gasteiger partial charge in [-0.25, -0.2) is 0 Å². The van der Waals surface area contributed by atoms with E-state index in [2.05, 4.69) is 25.2 Å². The molecule has 0 aliphatic heterocycles. The van der Waals surface area contributed by atoms with E-state index in [0.717, 1.165) is 24.4 Å². The summed E-state index contributed by atoms with van der Waals surface area (Å²) in [6, 6.07) is 8.07. The second kappa shape index (κ2) is 8.67. The standard InChI is InChI=1S/C17H28N2O2/c1-13(2)10-18-11-15-7-6-8-16(9-15)21-12-17(20)19(5)14(3)4/h6-9,13-14,18H,10-12H2,1-5H3. The monoisotopic (exact) mass is 292 g/mol. The molecule has 1 N–H and O–H groups in total. The van der Waals surface area contributed by atoms with E-state index >= 15 is 0 Å². The van der Waals surface area contributed by atoms with E-state index in [9.17, 15) is 4.79 Å². The lowest BCUT2D eigenvalue weighted by Crippen LogP contribution is -2.36. The lowest BCUT2D eigenvalue weighted by Gasteiger charge is -2.21. The number of carbonyl (C=O) groups is 1. The van der Waals surface area contributed by atoms with Crippen LogP contribution in [0.15, 0.2) is 24.3 Å². The second-order valence-corrected chi connectivity index (χ2v) is 6.06. The van der Waals surface area contributed by atoms with Crippen LogP contribution in [-0.4, -0.2) is 37.0 Å². The molecule has 1 aromatic carbocycles. The molecule has 4 heteroatoms. The van der Waals surface area contributed by atoms with Crippen LogP contribution in [0.25, 0.3) is 0 Å². The summed E-state index contributed by atoms with van der Waals surface area (Å²) in [7, 11) is 1.79. The average molecular weight is 292 g/mol. The van der Waals surface area contributed by atoms with Crippen LogP contribution in [0.1, 0.15) is 33.3 Å². The Morgan fingerprint density at radius 2 is 2.00 bits per heavy atom. The number of hydrogen-bond donors (Lipinski definition) is 1. The first kappa shape index (κ1) is 17.5. The van der Waals surface area contributed by atoms with E-state index in [1.54, 1.807) is 11.9 Å². The number of nitrogens with zero attached hydrogens (tertiary/aromatic N) is 1. The zero-order valence-corrected chi connectivity index (χ0v) is 13.8. The van der Waals surface area contributed by atoms with Gasteiger partial charge in [0.05, 0.1) is 0 Å². The van der Waals surface area contributed by atoms with Crippen molar-refractivity contribution in [1.29, 1.82) is 0 Å². The van der Waals surface area contributed by atoms with Crippen LogP contribution in [0.4, 0.5) is 0 Å². The average Bonchev–Trinajstić information content (AvgIpc) is 2.44. The van der Waals surface area contributed by atoms with Crippen LogP contribution in [0.3, 0.4) is 0 Å². The van der Waals surface area contributed by atoms with Crippen LogP contribution in [0.5, 0.6) is 5.75 Å². The molecular formula is C17H28N2O2. The van der Waals surface area contributed by atoms with E-state index in [4.69, 9.17) is 4.74 Å². The van der Waals surface area contributed by atoms with Gasteiger partial charge in [0.15, 0.2) is 6.61 Å². The van der Waals surface area contributed by atoms with Crippen molar-refractivity contribution in [2.45, 2.75) is 40.3 Å². The Bertz CT molecular complexity index is 444. The summed E-state index contributed by atoms with van der Waals surface area (Å²) in [4.78, 5) is 13.6. The zero-order valence-electron chi connectivity index (χ0n) is 13.8. The van der Waals surface area contributed by atoms with E-state index in [1.165, 1.54) is 0 Å². The van der Waals surface area contributed by atoms with Gasteiger partial charge in [-0.1, -0.05) is 26.0 Å². The molecule has 0 saturated heterocycles. The van der Waals surface area contributed by atoms with Crippen molar-refractivity contribution in [3.8, 4) is 5.75 Å². The molecule has 0 unspecified atom stereocenters. The Labute approximate surface area is 128 Å². The van der Waals surface area contributed by atoms with Gasteiger partial charge in [-0.3, -0.25) is 4.79 Å². The number of hydrogen-bond acceptors (Lipinski definition) is 3. The molecule has 0 heterocycles. The first-order valence-electron chi connectivity index (χ1n) is 7.58. The lowest BCUT2D eigenvalue weighted by atomic mass is 10.2. The molecule has 0 bridgehead atoms. The molecule has 1 rings (SSSR count). The number of nitrogens with one attached hydrogen (secondary N) is 1. The number of benzene rings is 1. The van der Waals surface area contributed by atoms with Crippen molar-refractivity contribution in [2.24, 2.45) is 5.92 Å². The van der Waals surface area contributed by atoms with Gasteiger partial charge in [0.25, 0.3) is 5.91 Å². The highest BCUT2D eigenvalue weighted by Crippen LogP contribution is 2.13. The van der Waals surface area contributed by atoms with Crippen molar-refractivity contribution in [3.63, 3.8) is 0 Å². The molecular weight excluding hydrogens is 264 g/mol. The Morgan fingerprint density at radius 3 is 2.62 bits per heavy atom. The first-order valence-corrected chi connectivity index (χ1v) is 7.58. The van der Waals surface area contributed by atoms with Gasteiger partial charge >= 0.3 is 0 Å². The fourth-order valence-corrected chi connectivity index (χ4v) is 1.79. The third kappa shape index (κ3) is 6.63. The summed E-state index contributed by atoms with van der Waals surface area (Å²) < 4.78 is 5.59. The van der Waals surface area contributed by atoms with E-state index in [0.29, 0.717) is 5.92 Å². The van der Waals surface area contributed by atoms with Crippen molar-refractivity contribution in [1.82, 2.24) is 10.2 Å². The molecule has 0 atom stereocenters. The molecule has 21 heavy (non-hydrogen) atoms. The largest absolute Gasteiger partial charge is 0.484 e. The van der Waals surface area contributed by atoms with Crippen LogP contribution in [0, 0.1) is 5.92 Å². The first-order chi connectivity index (χ1) is 9.90. The fraction of sp³-hybridized carbons (Fsp3) is 0.588. The topological polar surface area (TPSA) is 41.6 Å². The number of ether oxygens (including phenoxy) is 1. The molecule has 4 nitrogen and oxygen atoms in total. The van der Waals surface area contributed by atoms with Crippen molar-refractivity contribution in [3.05, 3.63) is 29.8 Å². The molecule has 0 fully saturated rings. The summed E-state index contributed by atoms with van der Waals surface area (Å²) >= 11 is 0. The quantitative estimate of drug-likeness (QED) is 0.801. The molecule has 118 valence electrons. The molecule has 0 radical (unpaired) electrons. The molecule has 0 saturated carbocycles. The number of amides is 1. The maximum atomic E-state index is 11.9. The maximum absolute atomic E-state index is 11.9. The Morgan fingerprint density at radius 1 is 1.29 bits per heavy atom. The van der Waals surface area contributed by atoms with Crippen LogP contribution in [-0.2, 0) is 11.3 Å². The summed E-state index contributed by atoms with van der Waals surface area (Å²) in [5, 5.41) is 3.40. The fourth-order valence-electron chi connectivity index (χ4n) is 1.79. The summed E-state index contributed by atoms with van der Waals surface area (Å²) in [6.07, 6.45) is 0. The minimum atomic E-state index is -0.00617. The Hall–Kier alpha value is -1.55. The molecule has 0 aromatic heterocycles. The smallest absolute Gasteiger partial charge is 0.260 e. The number of carbonyl (C=O) groups excluding carboxylic acids is 1. The van der Waals surface area contributed by atoms with Crippen molar-refractivity contribution < 1.29 is 9.53 Å². The van der Waals surface area contributed by atoms with Gasteiger partial charge in [0, 0.05) is 19.6 Å². The van der Waals surface area contributed by atoms with Crippen molar-refractivity contribution in [2.75, 3.05) is 20.2 Å². The maximum Gasteiger partial charge on any atom is 0.260 e. The van der Waals surface area contributed by atoms with E-state index in [1.807, 2.05) is 32.0 Å². The van der Waals surface area contributed by atoms with Gasteiger partial charge in [-0.15, -0.1) is 0 Å². The van der Waals surface area contributed by atoms with Crippen LogP contribution >= 0.6 is 0 Å². The molecule has 0 aliphatic carbocycles. The van der Waals surface area contributed by atoms with Gasteiger partial charge in [0.1, 0.15) is 5.75 Å². The van der Waals surface area contributed by atoms with E-state index in [-0.39, 0.29) is 18.6 Å². The predicted molar refractivity (Wildman–Crippen MR) is 86.4 cm³/mol. The van der Waals surface area contributed by atoms with Gasteiger partial charge in [-0.05, 0) is 44.0 Å². The highest BCUT2D eigenvalue weighted by atomic mass is 16.5. The summed E-state index contributed by atoms with van der Waals surface area (Å²) in [5.41, 5.74) is 1.16. The highest BCUT2D eigenvalue weighted by Gasteiger charge is 2.12.